The summed E-state index contributed by atoms with van der Waals surface area (Å²) >= 11 is 0. The number of carbonyl (C=O) groups is 1. The van der Waals surface area contributed by atoms with E-state index in [1.54, 1.807) is 7.05 Å². The van der Waals surface area contributed by atoms with Crippen LogP contribution in [0.15, 0.2) is 0 Å². The summed E-state index contributed by atoms with van der Waals surface area (Å²) in [6.45, 7) is 6.65. The second-order valence-corrected chi connectivity index (χ2v) is 4.31. The molecule has 1 N–H and O–H groups in total. The lowest BCUT2D eigenvalue weighted by atomic mass is 10.2. The Balaban J connectivity index is 2.43. The van der Waals surface area contributed by atoms with Crippen LogP contribution in [0.25, 0.3) is 0 Å². The van der Waals surface area contributed by atoms with E-state index in [0.717, 1.165) is 0 Å². The van der Waals surface area contributed by atoms with Crippen LogP contribution in [0, 0.1) is 0 Å². The van der Waals surface area contributed by atoms with Gasteiger partial charge in [-0.15, -0.1) is 0 Å². The largest absolute Gasteiger partial charge is 0.444 e. The molecule has 0 radical (unpaired) electrons. The molecule has 0 aromatic carbocycles. The summed E-state index contributed by atoms with van der Waals surface area (Å²) in [5, 5.41) is 3.00. The molecule has 0 spiro atoms. The highest BCUT2D eigenvalue weighted by atomic mass is 16.6. The van der Waals surface area contributed by atoms with Gasteiger partial charge in [0.05, 0.1) is 6.73 Å². The number of amides is 1. The highest BCUT2D eigenvalue weighted by Gasteiger charge is 2.27. The summed E-state index contributed by atoms with van der Waals surface area (Å²) in [7, 11) is 1.67. The maximum atomic E-state index is 11.5. The van der Waals surface area contributed by atoms with Gasteiger partial charge in [-0.3, -0.25) is 10.2 Å². The molecule has 1 rings (SSSR count). The quantitative estimate of drug-likeness (QED) is 0.682. The third-order valence-electron chi connectivity index (χ3n) is 1.81. The van der Waals surface area contributed by atoms with Crippen LogP contribution in [0.4, 0.5) is 4.79 Å². The molecule has 1 aliphatic rings. The van der Waals surface area contributed by atoms with E-state index in [9.17, 15) is 4.79 Å². The highest BCUT2D eigenvalue weighted by molar-refractivity contribution is 5.68. The normalized spacial score (nSPS) is 22.1. The van der Waals surface area contributed by atoms with Crippen molar-refractivity contribution < 1.29 is 14.3 Å². The first-order chi connectivity index (χ1) is 6.40. The Morgan fingerprint density at radius 1 is 1.57 bits per heavy atom. The van der Waals surface area contributed by atoms with Gasteiger partial charge < -0.3 is 9.47 Å². The molecular weight excluding hydrogens is 184 g/mol. The molecule has 1 atom stereocenters. The van der Waals surface area contributed by atoms with Gasteiger partial charge in [0.25, 0.3) is 0 Å². The summed E-state index contributed by atoms with van der Waals surface area (Å²) in [6.07, 6.45) is -0.573. The molecule has 1 saturated heterocycles. The number of hydrogen-bond acceptors (Lipinski definition) is 4. The van der Waals surface area contributed by atoms with Gasteiger partial charge in [-0.05, 0) is 20.8 Å². The zero-order chi connectivity index (χ0) is 10.8. The Bertz CT molecular complexity index is 207. The van der Waals surface area contributed by atoms with Crippen molar-refractivity contribution in [3.63, 3.8) is 0 Å². The molecule has 1 aliphatic heterocycles. The van der Waals surface area contributed by atoms with Crippen molar-refractivity contribution in [2.45, 2.75) is 32.6 Å². The van der Waals surface area contributed by atoms with Crippen LogP contribution < -0.4 is 5.32 Å². The number of carbonyl (C=O) groups excluding carboxylic acids is 1. The molecule has 5 heteroatoms. The molecule has 1 fully saturated rings. The zero-order valence-electron chi connectivity index (χ0n) is 9.16. The highest BCUT2D eigenvalue weighted by Crippen LogP contribution is 2.11. The third kappa shape index (κ3) is 3.16. The summed E-state index contributed by atoms with van der Waals surface area (Å²) in [5.74, 6) is 0. The Labute approximate surface area is 84.4 Å². The number of nitrogens with zero attached hydrogens (tertiary/aromatic N) is 1. The Hall–Kier alpha value is -0.810. The molecule has 5 nitrogen and oxygen atoms in total. The van der Waals surface area contributed by atoms with E-state index >= 15 is 0 Å². The maximum absolute atomic E-state index is 11.5. The molecule has 0 aromatic rings. The fraction of sp³-hybridized carbons (Fsp3) is 0.889. The average molecular weight is 202 g/mol. The minimum Gasteiger partial charge on any atom is -0.444 e. The van der Waals surface area contributed by atoms with E-state index in [-0.39, 0.29) is 12.3 Å². The van der Waals surface area contributed by atoms with Crippen molar-refractivity contribution in [2.24, 2.45) is 0 Å². The van der Waals surface area contributed by atoms with Crippen LogP contribution in [0.5, 0.6) is 0 Å². The lowest BCUT2D eigenvalue weighted by Crippen LogP contribution is -2.42. The number of nitrogens with one attached hydrogen (secondary N) is 1. The van der Waals surface area contributed by atoms with Crippen molar-refractivity contribution in [3.05, 3.63) is 0 Å². The van der Waals surface area contributed by atoms with Gasteiger partial charge in [-0.2, -0.15) is 0 Å². The molecular formula is C9H18N2O3. The van der Waals surface area contributed by atoms with Crippen LogP contribution in [-0.4, -0.2) is 43.1 Å². The molecule has 0 aromatic heterocycles. The van der Waals surface area contributed by atoms with Crippen LogP contribution in [0.2, 0.25) is 0 Å². The minimum absolute atomic E-state index is 0.218. The summed E-state index contributed by atoms with van der Waals surface area (Å²) in [5.41, 5.74) is -0.461. The topological polar surface area (TPSA) is 50.8 Å². The first-order valence-electron chi connectivity index (χ1n) is 4.68. The smallest absolute Gasteiger partial charge is 0.412 e. The summed E-state index contributed by atoms with van der Waals surface area (Å²) in [6, 6.07) is 0. The van der Waals surface area contributed by atoms with Gasteiger partial charge in [-0.1, -0.05) is 0 Å². The number of rotatable bonds is 1. The van der Waals surface area contributed by atoms with Crippen LogP contribution in [0.3, 0.4) is 0 Å². The number of likely N-dealkylation sites (N-methyl/N-ethyl adjacent to an activating group) is 1. The second kappa shape index (κ2) is 4.14. The van der Waals surface area contributed by atoms with Crippen LogP contribution in [0.1, 0.15) is 20.8 Å². The van der Waals surface area contributed by atoms with Crippen molar-refractivity contribution in [1.29, 1.82) is 0 Å². The predicted octanol–water partition coefficient (Wildman–Crippen LogP) is 0.757. The van der Waals surface area contributed by atoms with E-state index in [2.05, 4.69) is 5.32 Å². The van der Waals surface area contributed by atoms with Gasteiger partial charge in [0.1, 0.15) is 11.8 Å². The van der Waals surface area contributed by atoms with E-state index < -0.39 is 5.60 Å². The molecule has 0 aliphatic carbocycles. The van der Waals surface area contributed by atoms with Gasteiger partial charge in [-0.25, -0.2) is 4.79 Å². The van der Waals surface area contributed by atoms with Gasteiger partial charge in [0.15, 0.2) is 0 Å². The van der Waals surface area contributed by atoms with E-state index in [1.807, 2.05) is 20.8 Å². The summed E-state index contributed by atoms with van der Waals surface area (Å²) in [4.78, 5) is 13.0. The van der Waals surface area contributed by atoms with Gasteiger partial charge in [0.2, 0.25) is 0 Å². The molecule has 0 bridgehead atoms. The lowest BCUT2D eigenvalue weighted by molar-refractivity contribution is -0.0274. The maximum Gasteiger partial charge on any atom is 0.412 e. The fourth-order valence-electron chi connectivity index (χ4n) is 1.10. The summed E-state index contributed by atoms with van der Waals surface area (Å²) < 4.78 is 10.5. The van der Waals surface area contributed by atoms with E-state index in [1.165, 1.54) is 4.90 Å². The van der Waals surface area contributed by atoms with E-state index in [0.29, 0.717) is 13.3 Å². The second-order valence-electron chi connectivity index (χ2n) is 4.31. The molecule has 14 heavy (non-hydrogen) atoms. The molecule has 0 saturated carbocycles. The van der Waals surface area contributed by atoms with Gasteiger partial charge in [0, 0.05) is 13.6 Å². The number of ether oxygens (including phenoxy) is 2. The Morgan fingerprint density at radius 3 is 2.64 bits per heavy atom. The van der Waals surface area contributed by atoms with Crippen molar-refractivity contribution in [1.82, 2.24) is 10.2 Å². The standard InChI is InChI=1S/C9H18N2O3/c1-9(2,3)14-8(12)11(4)7-5-10-6-13-7/h7,10H,5-6H2,1-4H3. The first-order valence-corrected chi connectivity index (χ1v) is 4.68. The van der Waals surface area contributed by atoms with Crippen molar-refractivity contribution >= 4 is 6.09 Å². The van der Waals surface area contributed by atoms with Crippen molar-refractivity contribution in [2.75, 3.05) is 20.3 Å². The molecule has 1 amide bonds. The molecule has 82 valence electrons. The molecule has 1 unspecified atom stereocenters. The minimum atomic E-state index is -0.461. The number of hydrogen-bond donors (Lipinski definition) is 1. The monoisotopic (exact) mass is 202 g/mol. The Kier molecular flexibility index (Phi) is 3.34. The van der Waals surface area contributed by atoms with Crippen molar-refractivity contribution in [3.8, 4) is 0 Å². The zero-order valence-corrected chi connectivity index (χ0v) is 9.16. The Morgan fingerprint density at radius 2 is 2.21 bits per heavy atom. The van der Waals surface area contributed by atoms with Crippen LogP contribution in [-0.2, 0) is 9.47 Å². The average Bonchev–Trinajstić information content (AvgIpc) is 2.51. The lowest BCUT2D eigenvalue weighted by Gasteiger charge is -2.27. The van der Waals surface area contributed by atoms with Gasteiger partial charge >= 0.3 is 6.09 Å². The SMILES string of the molecule is CN(C(=O)OC(C)(C)C)C1CNCO1. The van der Waals surface area contributed by atoms with Crippen LogP contribution >= 0.6 is 0 Å². The molecule has 1 heterocycles. The van der Waals surface area contributed by atoms with E-state index in [4.69, 9.17) is 9.47 Å². The third-order valence-corrected chi connectivity index (χ3v) is 1.81. The first kappa shape index (κ1) is 11.3. The fourth-order valence-corrected chi connectivity index (χ4v) is 1.10. The predicted molar refractivity (Wildman–Crippen MR) is 51.7 cm³/mol.